The molecule has 1 unspecified atom stereocenters. The van der Waals surface area contributed by atoms with Crippen molar-refractivity contribution in [2.45, 2.75) is 51.1 Å². The molecule has 2 atom stereocenters. The van der Waals surface area contributed by atoms with Crippen LogP contribution in [0, 0.1) is 17.7 Å². The molecule has 1 aliphatic carbocycles. The van der Waals surface area contributed by atoms with Crippen LogP contribution in [0.3, 0.4) is 0 Å². The minimum Gasteiger partial charge on any atom is -0.469 e. The van der Waals surface area contributed by atoms with Crippen molar-refractivity contribution in [1.29, 1.82) is 0 Å². The first kappa shape index (κ1) is 27.5. The van der Waals surface area contributed by atoms with Crippen molar-refractivity contribution in [2.24, 2.45) is 11.8 Å². The molecule has 5 rings (SSSR count). The van der Waals surface area contributed by atoms with Gasteiger partial charge in [0.1, 0.15) is 11.3 Å². The maximum atomic E-state index is 15.0. The standard InChI is InChI=1S/C28H30ClF2N3O5/c1-37-26(36)16-8-10-19(11-9-16)38-27(31)34-13-12-18(15-34)23(35)14-17-4-2-5-20(29)24(17)33-28-32-22-7-3-6-21(30)25(22)39-28/h2-7,16,18-19,27H,8-15H2,1H3,(H,32,33)/t16?,18?,19?,27-/m0/s1. The number of carbonyl (C=O) groups excluding carboxylic acids is 2. The predicted octanol–water partition coefficient (Wildman–Crippen LogP) is 5.80. The number of nitrogens with one attached hydrogen (secondary N) is 1. The molecule has 2 aromatic carbocycles. The quantitative estimate of drug-likeness (QED) is 0.259. The molecule has 1 N–H and O–H groups in total. The summed E-state index contributed by atoms with van der Waals surface area (Å²) in [6, 6.07) is 9.69. The van der Waals surface area contributed by atoms with E-state index in [9.17, 15) is 18.4 Å². The van der Waals surface area contributed by atoms with E-state index < -0.39 is 12.3 Å². The Morgan fingerprint density at radius 3 is 2.67 bits per heavy atom. The molecule has 0 bridgehead atoms. The van der Waals surface area contributed by atoms with Gasteiger partial charge in [0.05, 0.1) is 29.8 Å². The van der Waals surface area contributed by atoms with Crippen molar-refractivity contribution < 1.29 is 32.3 Å². The zero-order valence-electron chi connectivity index (χ0n) is 21.5. The summed E-state index contributed by atoms with van der Waals surface area (Å²) in [6.07, 6.45) is 2.73. The summed E-state index contributed by atoms with van der Waals surface area (Å²) in [5.74, 6) is -1.31. The number of nitrogens with zero attached hydrogens (tertiary/aromatic N) is 2. The lowest BCUT2D eigenvalue weighted by Crippen LogP contribution is -2.37. The number of methoxy groups -OCH3 is 1. The molecule has 11 heteroatoms. The topological polar surface area (TPSA) is 93.9 Å². The highest BCUT2D eigenvalue weighted by molar-refractivity contribution is 6.33. The molecule has 8 nitrogen and oxygen atoms in total. The summed E-state index contributed by atoms with van der Waals surface area (Å²) in [5.41, 5.74) is 1.45. The number of Topliss-reactive ketones (excluding diaryl/α,β-unsaturated/α-hetero) is 1. The molecule has 39 heavy (non-hydrogen) atoms. The van der Waals surface area contributed by atoms with Gasteiger partial charge >= 0.3 is 5.97 Å². The van der Waals surface area contributed by atoms with E-state index in [1.165, 1.54) is 19.2 Å². The largest absolute Gasteiger partial charge is 0.469 e. The second kappa shape index (κ2) is 12.0. The monoisotopic (exact) mass is 561 g/mol. The minimum absolute atomic E-state index is 0.0234. The van der Waals surface area contributed by atoms with E-state index in [0.29, 0.717) is 60.4 Å². The highest BCUT2D eigenvalue weighted by Crippen LogP contribution is 2.33. The van der Waals surface area contributed by atoms with Gasteiger partial charge in [-0.3, -0.25) is 14.5 Å². The maximum Gasteiger partial charge on any atom is 0.308 e. The average Bonchev–Trinajstić information content (AvgIpc) is 3.59. The number of alkyl halides is 1. The smallest absolute Gasteiger partial charge is 0.308 e. The predicted molar refractivity (Wildman–Crippen MR) is 141 cm³/mol. The van der Waals surface area contributed by atoms with Crippen LogP contribution in [0.1, 0.15) is 37.7 Å². The van der Waals surface area contributed by atoms with Crippen molar-refractivity contribution >= 4 is 46.2 Å². The summed E-state index contributed by atoms with van der Waals surface area (Å²) in [4.78, 5) is 30.7. The number of ether oxygens (including phenoxy) is 2. The number of para-hydroxylation sites is 2. The van der Waals surface area contributed by atoms with Gasteiger partial charge in [0.15, 0.2) is 11.4 Å². The minimum atomic E-state index is -1.61. The van der Waals surface area contributed by atoms with E-state index >= 15 is 0 Å². The molecule has 2 heterocycles. The van der Waals surface area contributed by atoms with Crippen molar-refractivity contribution in [3.63, 3.8) is 0 Å². The number of esters is 1. The summed E-state index contributed by atoms with van der Waals surface area (Å²) in [5, 5.41) is 3.35. The Kier molecular flexibility index (Phi) is 8.44. The Bertz CT molecular complexity index is 1340. The lowest BCUT2D eigenvalue weighted by molar-refractivity contribution is -0.177. The number of likely N-dealkylation sites (tertiary alicyclic amines) is 1. The number of rotatable bonds is 9. The van der Waals surface area contributed by atoms with Crippen LogP contribution in [-0.2, 0) is 25.5 Å². The van der Waals surface area contributed by atoms with Crippen LogP contribution in [-0.4, -0.2) is 54.4 Å². The fourth-order valence-corrected chi connectivity index (χ4v) is 5.59. The van der Waals surface area contributed by atoms with Crippen molar-refractivity contribution in [3.8, 4) is 0 Å². The second-order valence-corrected chi connectivity index (χ2v) is 10.5. The summed E-state index contributed by atoms with van der Waals surface area (Å²) >= 11 is 6.43. The normalized spacial score (nSPS) is 22.6. The van der Waals surface area contributed by atoms with Gasteiger partial charge in [-0.2, -0.15) is 9.37 Å². The highest BCUT2D eigenvalue weighted by Gasteiger charge is 2.35. The Labute approximate surface area is 229 Å². The van der Waals surface area contributed by atoms with Gasteiger partial charge < -0.3 is 19.2 Å². The zero-order valence-corrected chi connectivity index (χ0v) is 22.3. The Morgan fingerprint density at radius 1 is 1.15 bits per heavy atom. The second-order valence-electron chi connectivity index (χ2n) is 10.1. The molecule has 0 spiro atoms. The first-order valence-electron chi connectivity index (χ1n) is 13.1. The fourth-order valence-electron chi connectivity index (χ4n) is 5.34. The van der Waals surface area contributed by atoms with Crippen molar-refractivity contribution in [3.05, 3.63) is 52.8 Å². The third-order valence-electron chi connectivity index (χ3n) is 7.54. The van der Waals surface area contributed by atoms with E-state index in [4.69, 9.17) is 25.5 Å². The van der Waals surface area contributed by atoms with Crippen molar-refractivity contribution in [1.82, 2.24) is 9.88 Å². The van der Waals surface area contributed by atoms with Crippen LogP contribution in [0.4, 0.5) is 20.5 Å². The first-order valence-corrected chi connectivity index (χ1v) is 13.4. The molecule has 1 aromatic heterocycles. The number of fused-ring (bicyclic) bond motifs is 1. The Balaban J connectivity index is 1.18. The number of benzene rings is 2. The van der Waals surface area contributed by atoms with Gasteiger partial charge in [0, 0.05) is 25.4 Å². The van der Waals surface area contributed by atoms with Crippen LogP contribution >= 0.6 is 11.6 Å². The summed E-state index contributed by atoms with van der Waals surface area (Å²) < 4.78 is 45.0. The number of halogens is 3. The van der Waals surface area contributed by atoms with Gasteiger partial charge in [0.25, 0.3) is 12.5 Å². The SMILES string of the molecule is COC(=O)C1CCC(O[C@@H](F)N2CCC(C(=O)Cc3cccc(Cl)c3Nc3nc4cccc(F)c4o3)C2)CC1. The number of hydrogen-bond acceptors (Lipinski definition) is 8. The van der Waals surface area contributed by atoms with E-state index in [-0.39, 0.29) is 54.3 Å². The Morgan fingerprint density at radius 2 is 1.92 bits per heavy atom. The molecule has 2 fully saturated rings. The molecular formula is C28H30ClF2N3O5. The lowest BCUT2D eigenvalue weighted by atomic mass is 9.87. The maximum absolute atomic E-state index is 15.0. The zero-order chi connectivity index (χ0) is 27.5. The van der Waals surface area contributed by atoms with Gasteiger partial charge in [-0.15, -0.1) is 0 Å². The summed E-state index contributed by atoms with van der Waals surface area (Å²) in [6.45, 7) is -0.944. The molecule has 0 amide bonds. The molecule has 208 valence electrons. The van der Waals surface area contributed by atoms with Crippen molar-refractivity contribution in [2.75, 3.05) is 25.5 Å². The Hall–Kier alpha value is -3.08. The number of ketones is 1. The third-order valence-corrected chi connectivity index (χ3v) is 7.85. The van der Waals surface area contributed by atoms with Crippen LogP contribution in [0.2, 0.25) is 5.02 Å². The molecule has 1 saturated heterocycles. The highest BCUT2D eigenvalue weighted by atomic mass is 35.5. The van der Waals surface area contributed by atoms with E-state index in [1.807, 2.05) is 0 Å². The number of hydrogen-bond donors (Lipinski definition) is 1. The molecule has 0 radical (unpaired) electrons. The number of carbonyl (C=O) groups is 2. The van der Waals surface area contributed by atoms with E-state index in [0.717, 1.165) is 0 Å². The molecule has 2 aliphatic rings. The third kappa shape index (κ3) is 6.23. The van der Waals surface area contributed by atoms with Gasteiger partial charge in [-0.1, -0.05) is 29.8 Å². The van der Waals surface area contributed by atoms with E-state index in [1.54, 1.807) is 29.2 Å². The van der Waals surface area contributed by atoms with E-state index in [2.05, 4.69) is 10.3 Å². The number of anilines is 2. The number of aromatic nitrogens is 1. The van der Waals surface area contributed by atoms with Gasteiger partial charge in [0.2, 0.25) is 0 Å². The molecule has 3 aromatic rings. The lowest BCUT2D eigenvalue weighted by Gasteiger charge is -2.30. The molecular weight excluding hydrogens is 532 g/mol. The molecule has 1 saturated carbocycles. The van der Waals surface area contributed by atoms with Crippen LogP contribution in [0.5, 0.6) is 0 Å². The van der Waals surface area contributed by atoms with Gasteiger partial charge in [-0.25, -0.2) is 4.39 Å². The van der Waals surface area contributed by atoms with Crippen LogP contribution < -0.4 is 5.32 Å². The fraction of sp³-hybridized carbons (Fsp3) is 0.464. The summed E-state index contributed by atoms with van der Waals surface area (Å²) in [7, 11) is 1.37. The first-order chi connectivity index (χ1) is 18.8. The average molecular weight is 562 g/mol. The van der Waals surface area contributed by atoms with Crippen LogP contribution in [0.15, 0.2) is 40.8 Å². The number of oxazole rings is 1. The van der Waals surface area contributed by atoms with Crippen LogP contribution in [0.25, 0.3) is 11.1 Å². The molecule has 1 aliphatic heterocycles. The van der Waals surface area contributed by atoms with Gasteiger partial charge in [-0.05, 0) is 55.9 Å².